The summed E-state index contributed by atoms with van der Waals surface area (Å²) >= 11 is 0. The van der Waals surface area contributed by atoms with Gasteiger partial charge in [-0.2, -0.15) is 0 Å². The van der Waals surface area contributed by atoms with E-state index in [0.29, 0.717) is 17.5 Å². The third kappa shape index (κ3) is 5.55. The van der Waals surface area contributed by atoms with Crippen molar-refractivity contribution in [1.29, 1.82) is 0 Å². The molecule has 2 aliphatic carbocycles. The molecule has 0 fully saturated rings. The van der Waals surface area contributed by atoms with Gasteiger partial charge in [0.2, 0.25) is 0 Å². The zero-order valence-electron chi connectivity index (χ0n) is 32.8. The van der Waals surface area contributed by atoms with Crippen molar-refractivity contribution in [2.45, 2.75) is 12.8 Å². The molecule has 9 aromatic carbocycles. The van der Waals surface area contributed by atoms with Gasteiger partial charge in [0.05, 0.1) is 0 Å². The number of aromatic nitrogens is 3. The van der Waals surface area contributed by atoms with Crippen LogP contribution in [0.1, 0.15) is 17.5 Å². The lowest BCUT2D eigenvalue weighted by molar-refractivity contribution is 0.983. The van der Waals surface area contributed by atoms with Gasteiger partial charge in [0.1, 0.15) is 0 Å². The van der Waals surface area contributed by atoms with Gasteiger partial charge in [-0.15, -0.1) is 0 Å². The zero-order chi connectivity index (χ0) is 39.6. The molecule has 0 saturated carbocycles. The summed E-state index contributed by atoms with van der Waals surface area (Å²) in [5.74, 6) is 2.00. The molecule has 0 N–H and O–H groups in total. The Morgan fingerprint density at radius 2 is 0.900 bits per heavy atom. The quantitative estimate of drug-likeness (QED) is 0.169. The molecule has 0 spiro atoms. The van der Waals surface area contributed by atoms with Gasteiger partial charge in [-0.05, 0) is 107 Å². The monoisotopic (exact) mass is 763 g/mol. The van der Waals surface area contributed by atoms with Crippen LogP contribution < -0.4 is 0 Å². The highest BCUT2D eigenvalue weighted by molar-refractivity contribution is 6.22. The summed E-state index contributed by atoms with van der Waals surface area (Å²) in [6.07, 6.45) is 6.53. The van der Waals surface area contributed by atoms with Gasteiger partial charge in [-0.3, -0.25) is 0 Å². The third-order valence-electron chi connectivity index (χ3n) is 12.3. The van der Waals surface area contributed by atoms with Crippen molar-refractivity contribution in [3.05, 3.63) is 205 Å². The molecule has 0 bridgehead atoms. The van der Waals surface area contributed by atoms with E-state index in [0.717, 1.165) is 45.9 Å². The fraction of sp³-hybridized carbons (Fsp3) is 0.0351. The first kappa shape index (κ1) is 34.3. The van der Waals surface area contributed by atoms with Crippen LogP contribution >= 0.6 is 0 Å². The number of fused-ring (bicyclic) bond motifs is 5. The van der Waals surface area contributed by atoms with E-state index in [4.69, 9.17) is 15.0 Å². The van der Waals surface area contributed by atoms with Crippen molar-refractivity contribution in [3.8, 4) is 89.8 Å². The summed E-state index contributed by atoms with van der Waals surface area (Å²) in [7, 11) is 0. The van der Waals surface area contributed by atoms with E-state index in [1.54, 1.807) is 0 Å². The van der Waals surface area contributed by atoms with Gasteiger partial charge in [0, 0.05) is 16.7 Å². The summed E-state index contributed by atoms with van der Waals surface area (Å²) in [6.45, 7) is 0. The molecule has 12 rings (SSSR count). The number of hydrogen-bond acceptors (Lipinski definition) is 3. The molecule has 10 aromatic rings. The van der Waals surface area contributed by atoms with E-state index in [-0.39, 0.29) is 0 Å². The fourth-order valence-corrected chi connectivity index (χ4v) is 9.60. The predicted molar refractivity (Wildman–Crippen MR) is 249 cm³/mol. The average molecular weight is 764 g/mol. The summed E-state index contributed by atoms with van der Waals surface area (Å²) in [6, 6.07) is 67.8. The number of allylic oxidation sites excluding steroid dienone is 1. The van der Waals surface area contributed by atoms with Crippen LogP contribution in [0.2, 0.25) is 0 Å². The molecule has 0 saturated heterocycles. The molecule has 2 aliphatic rings. The second kappa shape index (κ2) is 14.0. The lowest BCUT2D eigenvalue weighted by atomic mass is 9.82. The minimum absolute atomic E-state index is 0.649. The van der Waals surface area contributed by atoms with E-state index in [1.807, 2.05) is 0 Å². The van der Waals surface area contributed by atoms with Gasteiger partial charge in [0.25, 0.3) is 0 Å². The normalized spacial score (nSPS) is 12.5. The number of aryl methyl sites for hydroxylation is 1. The molecule has 0 aliphatic heterocycles. The molecule has 60 heavy (non-hydrogen) atoms. The molecule has 0 amide bonds. The van der Waals surface area contributed by atoms with E-state index in [1.165, 1.54) is 72.0 Å². The Bertz CT molecular complexity index is 3340. The molecule has 3 nitrogen and oxygen atoms in total. The van der Waals surface area contributed by atoms with Crippen molar-refractivity contribution in [2.75, 3.05) is 0 Å². The highest BCUT2D eigenvalue weighted by atomic mass is 15.0. The Morgan fingerprint density at radius 3 is 1.68 bits per heavy atom. The SMILES string of the molecule is C1=Cc2c(cccc2-c2nc(-c3ccc(-c4cc(-c5ccccc5)c5c(c4-c4ccccc4)-c4cccc6cccc-5c46)cc3)nc(-c3cccc4ccccc34)n2)CC1. The van der Waals surface area contributed by atoms with Crippen molar-refractivity contribution in [1.82, 2.24) is 15.0 Å². The summed E-state index contributed by atoms with van der Waals surface area (Å²) < 4.78 is 0. The van der Waals surface area contributed by atoms with Crippen LogP contribution in [-0.2, 0) is 6.42 Å². The Morgan fingerprint density at radius 1 is 0.350 bits per heavy atom. The Labute approximate surface area is 349 Å². The maximum atomic E-state index is 5.24. The van der Waals surface area contributed by atoms with Crippen molar-refractivity contribution in [2.24, 2.45) is 0 Å². The summed E-state index contributed by atoms with van der Waals surface area (Å²) in [5.41, 5.74) is 17.8. The molecular formula is C57H37N3. The molecule has 0 radical (unpaired) electrons. The van der Waals surface area contributed by atoms with E-state index < -0.39 is 0 Å². The van der Waals surface area contributed by atoms with Gasteiger partial charge >= 0.3 is 0 Å². The Hall–Kier alpha value is -7.75. The minimum atomic E-state index is 0.649. The van der Waals surface area contributed by atoms with E-state index in [2.05, 4.69) is 200 Å². The molecule has 3 heteroatoms. The van der Waals surface area contributed by atoms with Crippen molar-refractivity contribution in [3.63, 3.8) is 0 Å². The highest BCUT2D eigenvalue weighted by Gasteiger charge is 2.30. The minimum Gasteiger partial charge on any atom is -0.208 e. The van der Waals surface area contributed by atoms with Crippen molar-refractivity contribution < 1.29 is 0 Å². The highest BCUT2D eigenvalue weighted by Crippen LogP contribution is 2.57. The van der Waals surface area contributed by atoms with Crippen LogP contribution in [0.25, 0.3) is 117 Å². The molecule has 1 heterocycles. The fourth-order valence-electron chi connectivity index (χ4n) is 9.60. The third-order valence-corrected chi connectivity index (χ3v) is 12.3. The molecule has 0 atom stereocenters. The second-order valence-corrected chi connectivity index (χ2v) is 15.8. The average Bonchev–Trinajstić information content (AvgIpc) is 3.66. The molecular weight excluding hydrogens is 727 g/mol. The van der Waals surface area contributed by atoms with Crippen LogP contribution in [0.4, 0.5) is 0 Å². The second-order valence-electron chi connectivity index (χ2n) is 15.8. The number of benzene rings is 9. The van der Waals surface area contributed by atoms with Crippen LogP contribution in [0.15, 0.2) is 194 Å². The Balaban J connectivity index is 1.07. The van der Waals surface area contributed by atoms with E-state index in [9.17, 15) is 0 Å². The Kier molecular flexibility index (Phi) is 7.99. The lowest BCUT2D eigenvalue weighted by Gasteiger charge is -2.21. The van der Waals surface area contributed by atoms with Crippen LogP contribution in [0.5, 0.6) is 0 Å². The lowest BCUT2D eigenvalue weighted by Crippen LogP contribution is -2.03. The molecule has 280 valence electrons. The maximum absolute atomic E-state index is 5.24. The van der Waals surface area contributed by atoms with Gasteiger partial charge in [-0.1, -0.05) is 194 Å². The largest absolute Gasteiger partial charge is 0.208 e. The van der Waals surface area contributed by atoms with Gasteiger partial charge in [0.15, 0.2) is 17.5 Å². The first-order valence-electron chi connectivity index (χ1n) is 20.7. The first-order valence-corrected chi connectivity index (χ1v) is 20.7. The first-order chi connectivity index (χ1) is 29.8. The molecule has 0 unspecified atom stereocenters. The number of nitrogens with zero attached hydrogens (tertiary/aromatic N) is 3. The van der Waals surface area contributed by atoms with Gasteiger partial charge in [-0.25, -0.2) is 15.0 Å². The van der Waals surface area contributed by atoms with Crippen LogP contribution in [0, 0.1) is 0 Å². The molecule has 1 aromatic heterocycles. The topological polar surface area (TPSA) is 38.7 Å². The van der Waals surface area contributed by atoms with Gasteiger partial charge < -0.3 is 0 Å². The van der Waals surface area contributed by atoms with Crippen molar-refractivity contribution >= 4 is 27.6 Å². The zero-order valence-corrected chi connectivity index (χ0v) is 32.8. The number of hydrogen-bond donors (Lipinski definition) is 0. The van der Waals surface area contributed by atoms with Crippen LogP contribution in [0.3, 0.4) is 0 Å². The standard InChI is InChI=1S/C57H37N3/c1-3-15-38(16-4-1)50-35-49(52(41-19-5-2-6-20-41)54-48-30-14-24-40-23-13-29-47(51(40)48)53(50)54)39-31-33-42(34-32-39)55-58-56(45-27-11-21-36-17-7-9-25-43(36)45)60-57(59-55)46-28-12-22-37-18-8-10-26-44(37)46/h1-7,9-17,19-35H,8,18H2. The summed E-state index contributed by atoms with van der Waals surface area (Å²) in [5, 5.41) is 4.85. The predicted octanol–water partition coefficient (Wildman–Crippen LogP) is 14.8. The number of rotatable bonds is 6. The smallest absolute Gasteiger partial charge is 0.164 e. The van der Waals surface area contributed by atoms with Crippen LogP contribution in [-0.4, -0.2) is 15.0 Å². The summed E-state index contributed by atoms with van der Waals surface area (Å²) in [4.78, 5) is 15.7. The van der Waals surface area contributed by atoms with E-state index >= 15 is 0 Å². The maximum Gasteiger partial charge on any atom is 0.164 e.